The van der Waals surface area contributed by atoms with Crippen molar-refractivity contribution in [2.75, 3.05) is 7.11 Å². The molecule has 0 aromatic rings. The summed E-state index contributed by atoms with van der Waals surface area (Å²) in [5.41, 5.74) is 0.685. The summed E-state index contributed by atoms with van der Waals surface area (Å²) in [6.45, 7) is 18.8. The third-order valence-electron chi connectivity index (χ3n) is 1.57. The summed E-state index contributed by atoms with van der Waals surface area (Å²) in [6.07, 6.45) is 8.89. The van der Waals surface area contributed by atoms with E-state index in [1.54, 1.807) is 38.7 Å². The van der Waals surface area contributed by atoms with Crippen molar-refractivity contribution in [3.63, 3.8) is 0 Å². The molecule has 6 nitrogen and oxygen atoms in total. The monoisotopic (exact) mass is 348 g/mol. The summed E-state index contributed by atoms with van der Waals surface area (Å²) in [5.74, 6) is -0.398. The maximum Gasteiger partial charge on any atom is 0 e. The van der Waals surface area contributed by atoms with Crippen molar-refractivity contribution in [1.82, 2.24) is 0 Å². The van der Waals surface area contributed by atoms with Crippen LogP contribution in [0.5, 0.6) is 0 Å². The van der Waals surface area contributed by atoms with Gasteiger partial charge in [0.25, 0.3) is 0 Å². The van der Waals surface area contributed by atoms with Crippen LogP contribution in [0.3, 0.4) is 0 Å². The van der Waals surface area contributed by atoms with Crippen molar-refractivity contribution in [3.8, 4) is 0 Å². The van der Waals surface area contributed by atoms with Gasteiger partial charge in [0.05, 0.1) is 13.2 Å². The van der Waals surface area contributed by atoms with Crippen LogP contribution in [0.1, 0.15) is 6.92 Å². The first-order valence-electron chi connectivity index (χ1n) is 5.12. The molecular formula is C15H16FeO6. The number of hydrogen-bond acceptors (Lipinski definition) is 3. The van der Waals surface area contributed by atoms with E-state index < -0.39 is 12.1 Å². The fourth-order valence-electron chi connectivity index (χ4n) is 0.664. The third kappa shape index (κ3) is 31.2. The van der Waals surface area contributed by atoms with Crippen LogP contribution < -0.4 is 0 Å². The quantitative estimate of drug-likeness (QED) is 0.143. The zero-order chi connectivity index (χ0) is 17.7. The number of carbonyl (C=O) groups excluding carboxylic acids is 1. The number of ether oxygens (including phenoxy) is 1. The second-order valence-electron chi connectivity index (χ2n) is 2.94. The molecule has 0 unspecified atom stereocenters. The van der Waals surface area contributed by atoms with E-state index in [0.717, 1.165) is 0 Å². The van der Waals surface area contributed by atoms with Crippen LogP contribution in [-0.4, -0.2) is 24.3 Å². The van der Waals surface area contributed by atoms with Crippen LogP contribution in [0, 0.1) is 45.6 Å². The standard InChI is InChI=1S/C12H16O3.3CO.Fe/c1-10(2)11(13)8-6-4-5-7-9-12(14)15-3;3*1-2;/h4-9,11,13H,1H2,2-3H3;;;;/b9-7+;;;;/t11-;;;;/m1..../s1. The maximum atomic E-state index is 10.6. The molecule has 0 aliphatic rings. The predicted octanol–water partition coefficient (Wildman–Crippen LogP) is 1.35. The van der Waals surface area contributed by atoms with Crippen molar-refractivity contribution < 1.29 is 45.7 Å². The molecule has 0 rings (SSSR count). The molecule has 0 aliphatic heterocycles. The van der Waals surface area contributed by atoms with E-state index in [-0.39, 0.29) is 17.1 Å². The summed E-state index contributed by atoms with van der Waals surface area (Å²) in [4.78, 5) is 10.6. The number of hydrogen-bond donors (Lipinski definition) is 1. The van der Waals surface area contributed by atoms with Crippen LogP contribution in [0.4, 0.5) is 0 Å². The Labute approximate surface area is 142 Å². The minimum atomic E-state index is -0.626. The fraction of sp³-hybridized carbons (Fsp3) is 0.200. The Balaban J connectivity index is -0.000000122. The van der Waals surface area contributed by atoms with Crippen molar-refractivity contribution >= 4 is 5.97 Å². The van der Waals surface area contributed by atoms with Crippen LogP contribution in [-0.2, 0) is 40.6 Å². The normalized spacial score (nSPS) is 8.95. The van der Waals surface area contributed by atoms with E-state index in [1.807, 2.05) is 0 Å². The van der Waals surface area contributed by atoms with Crippen molar-refractivity contribution in [2.45, 2.75) is 13.0 Å². The minimum Gasteiger partial charge on any atom is 0 e. The first kappa shape index (κ1) is 32.6. The van der Waals surface area contributed by atoms with Crippen molar-refractivity contribution in [1.29, 1.82) is 0 Å². The molecule has 22 heavy (non-hydrogen) atoms. The van der Waals surface area contributed by atoms with E-state index >= 15 is 0 Å². The Morgan fingerprint density at radius 2 is 1.59 bits per heavy atom. The topological polar surface area (TPSA) is 106 Å². The van der Waals surface area contributed by atoms with Gasteiger partial charge in [0.15, 0.2) is 0 Å². The van der Waals surface area contributed by atoms with Gasteiger partial charge in [-0.25, -0.2) is 4.79 Å². The predicted molar refractivity (Wildman–Crippen MR) is 71.0 cm³/mol. The first-order chi connectivity index (χ1) is 10.1. The summed E-state index contributed by atoms with van der Waals surface area (Å²) in [6, 6.07) is 0. The zero-order valence-corrected chi connectivity index (χ0v) is 13.2. The molecule has 0 fully saturated rings. The van der Waals surface area contributed by atoms with Crippen molar-refractivity contribution in [3.05, 3.63) is 69.9 Å². The maximum absolute atomic E-state index is 10.6. The number of allylic oxidation sites excluding steroid dienone is 1. The fourth-order valence-corrected chi connectivity index (χ4v) is 0.664. The van der Waals surface area contributed by atoms with E-state index in [9.17, 15) is 9.90 Å². The molecule has 1 atom stereocenters. The van der Waals surface area contributed by atoms with Gasteiger partial charge in [0, 0.05) is 23.1 Å². The Kier molecular flexibility index (Phi) is 47.1. The molecule has 0 aliphatic carbocycles. The average Bonchev–Trinajstić information content (AvgIpc) is 2.55. The van der Waals surface area contributed by atoms with Gasteiger partial charge in [-0.1, -0.05) is 18.2 Å². The van der Waals surface area contributed by atoms with Gasteiger partial charge in [-0.15, -0.1) is 0 Å². The van der Waals surface area contributed by atoms with E-state index in [1.165, 1.54) is 13.2 Å². The van der Waals surface area contributed by atoms with Gasteiger partial charge in [-0.3, -0.25) is 0 Å². The van der Waals surface area contributed by atoms with Gasteiger partial charge in [0.1, 0.15) is 0 Å². The van der Waals surface area contributed by atoms with Crippen LogP contribution in [0.15, 0.2) is 24.3 Å². The van der Waals surface area contributed by atoms with Crippen LogP contribution >= 0.6 is 0 Å². The molecule has 0 aromatic carbocycles. The molecule has 1 N–H and O–H groups in total. The van der Waals surface area contributed by atoms with Gasteiger partial charge < -0.3 is 9.84 Å². The van der Waals surface area contributed by atoms with Gasteiger partial charge in [-0.2, -0.15) is 0 Å². The Hall–Kier alpha value is -1.35. The summed E-state index contributed by atoms with van der Waals surface area (Å²) >= 11 is 0. The van der Waals surface area contributed by atoms with E-state index in [4.69, 9.17) is 14.0 Å². The molecule has 0 amide bonds. The largest absolute Gasteiger partial charge is 0 e. The number of rotatable bonds is 7. The number of aliphatic hydroxyl groups excluding tert-OH is 1. The Bertz CT molecular complexity index is 329. The van der Waals surface area contributed by atoms with Gasteiger partial charge >= 0.3 is 39.9 Å². The Morgan fingerprint density at radius 3 is 1.95 bits per heavy atom. The zero-order valence-electron chi connectivity index (χ0n) is 12.1. The van der Waals surface area contributed by atoms with Gasteiger partial charge in [-0.05, 0) is 32.6 Å². The summed E-state index contributed by atoms with van der Waals surface area (Å²) in [7, 11) is 1.32. The molecule has 0 spiro atoms. The average molecular weight is 348 g/mol. The molecule has 120 valence electrons. The molecule has 7 heteroatoms. The van der Waals surface area contributed by atoms with E-state index in [2.05, 4.69) is 31.3 Å². The van der Waals surface area contributed by atoms with Crippen LogP contribution in [0.2, 0.25) is 0 Å². The number of esters is 1. The summed E-state index contributed by atoms with van der Waals surface area (Å²) in [5, 5.41) is 9.30. The summed E-state index contributed by atoms with van der Waals surface area (Å²) < 4.78 is 26.9. The number of aliphatic hydroxyl groups is 1. The van der Waals surface area contributed by atoms with Crippen molar-refractivity contribution in [2.24, 2.45) is 0 Å². The number of unbranched alkanes of at least 4 members (excludes halogenated alkanes) is 2. The second kappa shape index (κ2) is 31.8. The van der Waals surface area contributed by atoms with Crippen LogP contribution in [0.25, 0.3) is 0 Å². The van der Waals surface area contributed by atoms with Gasteiger partial charge in [0.2, 0.25) is 0 Å². The molecule has 0 aromatic heterocycles. The first-order valence-corrected chi connectivity index (χ1v) is 5.12. The molecule has 0 saturated heterocycles. The molecule has 0 bridgehead atoms. The SMILES string of the molecule is C=C(C)[C@H](O)[CH][CH][CH][CH]/C=C/C(=O)OC.[C-]#[O+].[C-]#[O+].[C-]#[O+].[Fe]. The smallest absolute Gasteiger partial charge is 0 e. The number of methoxy groups -OCH3 is 1. The molecule has 0 heterocycles. The molecule has 0 saturated carbocycles. The molecular weight excluding hydrogens is 332 g/mol. The van der Waals surface area contributed by atoms with E-state index in [0.29, 0.717) is 5.57 Å². The Morgan fingerprint density at radius 1 is 1.14 bits per heavy atom. The minimum absolute atomic E-state index is 0. The second-order valence-corrected chi connectivity index (χ2v) is 2.94. The third-order valence-corrected chi connectivity index (χ3v) is 1.57. The number of carbonyl (C=O) groups is 1. The molecule has 4 radical (unpaired) electrons.